The average molecular weight is 363 g/mol. The molecule has 0 spiro atoms. The van der Waals surface area contributed by atoms with Crippen molar-refractivity contribution in [1.29, 1.82) is 0 Å². The molecule has 0 aliphatic heterocycles. The lowest BCUT2D eigenvalue weighted by molar-refractivity contribution is 0.0948. The van der Waals surface area contributed by atoms with Crippen LogP contribution < -0.4 is 10.6 Å². The SMILES string of the molecule is CC(C)CNC(=O)c1ccc(NC(=O)c2cn(-c3ccccc3)nn2)cc1. The van der Waals surface area contributed by atoms with Gasteiger partial charge in [0.2, 0.25) is 0 Å². The number of rotatable bonds is 6. The monoisotopic (exact) mass is 363 g/mol. The van der Waals surface area contributed by atoms with Crippen LogP contribution in [0.3, 0.4) is 0 Å². The van der Waals surface area contributed by atoms with Crippen LogP contribution in [0.5, 0.6) is 0 Å². The summed E-state index contributed by atoms with van der Waals surface area (Å²) in [5.41, 5.74) is 2.15. The van der Waals surface area contributed by atoms with Gasteiger partial charge < -0.3 is 10.6 Å². The lowest BCUT2D eigenvalue weighted by Gasteiger charge is -2.08. The summed E-state index contributed by atoms with van der Waals surface area (Å²) >= 11 is 0. The number of aromatic nitrogens is 3. The van der Waals surface area contributed by atoms with Gasteiger partial charge in [-0.15, -0.1) is 5.10 Å². The van der Waals surface area contributed by atoms with E-state index in [9.17, 15) is 9.59 Å². The molecule has 0 aliphatic carbocycles. The summed E-state index contributed by atoms with van der Waals surface area (Å²) in [4.78, 5) is 24.4. The maximum atomic E-state index is 12.3. The summed E-state index contributed by atoms with van der Waals surface area (Å²) in [7, 11) is 0. The standard InChI is InChI=1S/C20H21N5O2/c1-14(2)12-21-19(26)15-8-10-16(11-9-15)22-20(27)18-13-25(24-23-18)17-6-4-3-5-7-17/h3-11,13-14H,12H2,1-2H3,(H,21,26)(H,22,27). The van der Waals surface area contributed by atoms with Gasteiger partial charge in [-0.2, -0.15) is 0 Å². The molecule has 1 heterocycles. The van der Waals surface area contributed by atoms with Crippen LogP contribution >= 0.6 is 0 Å². The summed E-state index contributed by atoms with van der Waals surface area (Å²) in [5, 5.41) is 13.5. The fourth-order valence-electron chi connectivity index (χ4n) is 2.37. The third-order valence-corrected chi connectivity index (χ3v) is 3.82. The van der Waals surface area contributed by atoms with Gasteiger partial charge in [-0.05, 0) is 42.3 Å². The molecule has 3 aromatic rings. The fourth-order valence-corrected chi connectivity index (χ4v) is 2.37. The van der Waals surface area contributed by atoms with Crippen LogP contribution in [-0.4, -0.2) is 33.4 Å². The number of hydrogen-bond acceptors (Lipinski definition) is 4. The molecule has 27 heavy (non-hydrogen) atoms. The van der Waals surface area contributed by atoms with Crippen LogP contribution in [0.4, 0.5) is 5.69 Å². The minimum Gasteiger partial charge on any atom is -0.352 e. The lowest BCUT2D eigenvalue weighted by Crippen LogP contribution is -2.27. The predicted molar refractivity (Wildman–Crippen MR) is 103 cm³/mol. The van der Waals surface area contributed by atoms with E-state index in [-0.39, 0.29) is 17.5 Å². The Kier molecular flexibility index (Phi) is 5.61. The minimum atomic E-state index is -0.366. The Morgan fingerprint density at radius 1 is 1.00 bits per heavy atom. The molecule has 0 aliphatic rings. The number of nitrogens with zero attached hydrogens (tertiary/aromatic N) is 3. The first kappa shape index (κ1) is 18.3. The van der Waals surface area contributed by atoms with Crippen molar-refractivity contribution in [2.45, 2.75) is 13.8 Å². The molecule has 0 unspecified atom stereocenters. The topological polar surface area (TPSA) is 88.9 Å². The summed E-state index contributed by atoms with van der Waals surface area (Å²) in [6.07, 6.45) is 1.57. The second-order valence-corrected chi connectivity index (χ2v) is 6.52. The van der Waals surface area contributed by atoms with E-state index in [4.69, 9.17) is 0 Å². The number of amides is 2. The first-order valence-corrected chi connectivity index (χ1v) is 8.70. The number of benzene rings is 2. The second kappa shape index (κ2) is 8.27. The zero-order chi connectivity index (χ0) is 19.2. The molecule has 2 amide bonds. The van der Waals surface area contributed by atoms with E-state index in [1.54, 1.807) is 30.5 Å². The molecule has 3 rings (SSSR count). The van der Waals surface area contributed by atoms with Crippen molar-refractivity contribution < 1.29 is 9.59 Å². The van der Waals surface area contributed by atoms with E-state index in [0.29, 0.717) is 23.7 Å². The Morgan fingerprint density at radius 2 is 1.70 bits per heavy atom. The summed E-state index contributed by atoms with van der Waals surface area (Å²) in [6, 6.07) is 16.1. The largest absolute Gasteiger partial charge is 0.352 e. The molecule has 0 saturated heterocycles. The maximum absolute atomic E-state index is 12.3. The van der Waals surface area contributed by atoms with Gasteiger partial charge in [0.1, 0.15) is 0 Å². The quantitative estimate of drug-likeness (QED) is 0.705. The number of carbonyl (C=O) groups is 2. The Bertz CT molecular complexity index is 917. The van der Waals surface area contributed by atoms with Crippen LogP contribution in [0, 0.1) is 5.92 Å². The minimum absolute atomic E-state index is 0.132. The average Bonchev–Trinajstić information content (AvgIpc) is 3.18. The Hall–Kier alpha value is -3.48. The maximum Gasteiger partial charge on any atom is 0.277 e. The van der Waals surface area contributed by atoms with E-state index >= 15 is 0 Å². The Labute approximate surface area is 157 Å². The normalized spacial score (nSPS) is 10.6. The molecule has 2 aromatic carbocycles. The number of hydrogen-bond donors (Lipinski definition) is 2. The fraction of sp³-hybridized carbons (Fsp3) is 0.200. The van der Waals surface area contributed by atoms with Gasteiger partial charge in [0.05, 0.1) is 11.9 Å². The van der Waals surface area contributed by atoms with Gasteiger partial charge in [0.25, 0.3) is 11.8 Å². The van der Waals surface area contributed by atoms with Crippen molar-refractivity contribution in [3.8, 4) is 5.69 Å². The smallest absolute Gasteiger partial charge is 0.277 e. The van der Waals surface area contributed by atoms with Gasteiger partial charge in [-0.25, -0.2) is 4.68 Å². The Morgan fingerprint density at radius 3 is 2.37 bits per heavy atom. The van der Waals surface area contributed by atoms with Crippen molar-refractivity contribution in [2.75, 3.05) is 11.9 Å². The number of carbonyl (C=O) groups excluding carboxylic acids is 2. The molecular weight excluding hydrogens is 342 g/mol. The molecule has 7 nitrogen and oxygen atoms in total. The van der Waals surface area contributed by atoms with Crippen molar-refractivity contribution in [1.82, 2.24) is 20.3 Å². The van der Waals surface area contributed by atoms with Gasteiger partial charge in [0, 0.05) is 17.8 Å². The van der Waals surface area contributed by atoms with E-state index < -0.39 is 0 Å². The van der Waals surface area contributed by atoms with Crippen LogP contribution in [0.25, 0.3) is 5.69 Å². The predicted octanol–water partition coefficient (Wildman–Crippen LogP) is 2.91. The summed E-state index contributed by atoms with van der Waals surface area (Å²) < 4.78 is 1.54. The third kappa shape index (κ3) is 4.78. The number of para-hydroxylation sites is 1. The second-order valence-electron chi connectivity index (χ2n) is 6.52. The number of nitrogens with one attached hydrogen (secondary N) is 2. The van der Waals surface area contributed by atoms with Crippen LogP contribution in [0.15, 0.2) is 60.8 Å². The first-order chi connectivity index (χ1) is 13.0. The molecule has 0 radical (unpaired) electrons. The van der Waals surface area contributed by atoms with E-state index in [1.807, 2.05) is 44.2 Å². The van der Waals surface area contributed by atoms with Gasteiger partial charge in [-0.1, -0.05) is 37.3 Å². The molecule has 0 fully saturated rings. The van der Waals surface area contributed by atoms with Gasteiger partial charge in [0.15, 0.2) is 5.69 Å². The molecule has 2 N–H and O–H groups in total. The Balaban J connectivity index is 1.63. The summed E-state index contributed by atoms with van der Waals surface area (Å²) in [6.45, 7) is 4.69. The van der Waals surface area contributed by atoms with E-state index in [2.05, 4.69) is 20.9 Å². The van der Waals surface area contributed by atoms with Crippen molar-refractivity contribution >= 4 is 17.5 Å². The summed E-state index contributed by atoms with van der Waals surface area (Å²) in [5.74, 6) is -0.113. The zero-order valence-corrected chi connectivity index (χ0v) is 15.2. The molecular formula is C20H21N5O2. The van der Waals surface area contributed by atoms with Crippen molar-refractivity contribution in [3.05, 3.63) is 72.1 Å². The molecule has 7 heteroatoms. The van der Waals surface area contributed by atoms with Crippen molar-refractivity contribution in [2.24, 2.45) is 5.92 Å². The van der Waals surface area contributed by atoms with Crippen molar-refractivity contribution in [3.63, 3.8) is 0 Å². The first-order valence-electron chi connectivity index (χ1n) is 8.70. The van der Waals surface area contributed by atoms with Crippen LogP contribution in [0.1, 0.15) is 34.7 Å². The highest BCUT2D eigenvalue weighted by Gasteiger charge is 2.12. The highest BCUT2D eigenvalue weighted by Crippen LogP contribution is 2.12. The molecule has 1 aromatic heterocycles. The van der Waals surface area contributed by atoms with E-state index in [0.717, 1.165) is 5.69 Å². The van der Waals surface area contributed by atoms with Gasteiger partial charge in [-0.3, -0.25) is 9.59 Å². The van der Waals surface area contributed by atoms with Gasteiger partial charge >= 0.3 is 0 Å². The molecule has 0 atom stereocenters. The van der Waals surface area contributed by atoms with Crippen LogP contribution in [0.2, 0.25) is 0 Å². The molecule has 0 bridgehead atoms. The number of anilines is 1. The highest BCUT2D eigenvalue weighted by atomic mass is 16.2. The zero-order valence-electron chi connectivity index (χ0n) is 15.2. The molecule has 138 valence electrons. The highest BCUT2D eigenvalue weighted by molar-refractivity contribution is 6.03. The lowest BCUT2D eigenvalue weighted by atomic mass is 10.1. The van der Waals surface area contributed by atoms with E-state index in [1.165, 1.54) is 4.68 Å². The third-order valence-electron chi connectivity index (χ3n) is 3.82. The molecule has 0 saturated carbocycles. The van der Waals surface area contributed by atoms with Crippen LogP contribution in [-0.2, 0) is 0 Å².